The van der Waals surface area contributed by atoms with E-state index in [1.165, 1.54) is 0 Å². The Morgan fingerprint density at radius 2 is 2.28 bits per heavy atom. The highest BCUT2D eigenvalue weighted by atomic mass is 79.9. The molecule has 1 atom stereocenters. The zero-order valence-corrected chi connectivity index (χ0v) is 12.7. The lowest BCUT2D eigenvalue weighted by molar-refractivity contribution is -0.121. The van der Waals surface area contributed by atoms with Gasteiger partial charge in [0.05, 0.1) is 4.47 Å². The molecule has 0 radical (unpaired) electrons. The van der Waals surface area contributed by atoms with Crippen LogP contribution in [-0.2, 0) is 4.79 Å². The van der Waals surface area contributed by atoms with Crippen molar-refractivity contribution in [1.29, 1.82) is 0 Å². The van der Waals surface area contributed by atoms with Crippen molar-refractivity contribution in [2.24, 2.45) is 0 Å². The predicted molar refractivity (Wildman–Crippen MR) is 77.7 cm³/mol. The fourth-order valence-electron chi connectivity index (χ4n) is 1.41. The maximum absolute atomic E-state index is 11.6. The molecule has 1 unspecified atom stereocenters. The number of hydrogen-bond donors (Lipinski definition) is 2. The molecule has 0 spiro atoms. The number of nitrogens with zero attached hydrogens (tertiary/aromatic N) is 1. The first kappa shape index (κ1) is 15.0. The molecule has 0 bridgehead atoms. The van der Waals surface area contributed by atoms with E-state index in [1.54, 1.807) is 6.20 Å². The van der Waals surface area contributed by atoms with Crippen molar-refractivity contribution in [2.75, 3.05) is 11.9 Å². The van der Waals surface area contributed by atoms with Crippen LogP contribution < -0.4 is 10.6 Å². The van der Waals surface area contributed by atoms with Gasteiger partial charge >= 0.3 is 0 Å². The number of halogens is 1. The lowest BCUT2D eigenvalue weighted by Crippen LogP contribution is -2.33. The minimum absolute atomic E-state index is 0.0695. The molecule has 0 aromatic carbocycles. The van der Waals surface area contributed by atoms with Crippen molar-refractivity contribution in [3.63, 3.8) is 0 Å². The number of hydrogen-bond acceptors (Lipinski definition) is 3. The monoisotopic (exact) mass is 313 g/mol. The Labute approximate surface area is 117 Å². The minimum atomic E-state index is 0.0695. The van der Waals surface area contributed by atoms with Gasteiger partial charge in [-0.25, -0.2) is 4.98 Å². The van der Waals surface area contributed by atoms with Gasteiger partial charge < -0.3 is 10.6 Å². The molecule has 2 N–H and O–H groups in total. The van der Waals surface area contributed by atoms with Crippen molar-refractivity contribution >= 4 is 27.7 Å². The molecule has 0 aliphatic carbocycles. The number of nitrogens with one attached hydrogen (secondary N) is 2. The van der Waals surface area contributed by atoms with E-state index in [1.807, 2.05) is 19.9 Å². The van der Waals surface area contributed by atoms with Crippen LogP contribution in [-0.4, -0.2) is 23.5 Å². The zero-order chi connectivity index (χ0) is 13.5. The molecule has 4 nitrogen and oxygen atoms in total. The van der Waals surface area contributed by atoms with E-state index in [-0.39, 0.29) is 11.9 Å². The summed E-state index contributed by atoms with van der Waals surface area (Å²) in [5.41, 5.74) is 1.10. The first-order valence-corrected chi connectivity index (χ1v) is 6.97. The molecule has 1 amide bonds. The summed E-state index contributed by atoms with van der Waals surface area (Å²) in [6.07, 6.45) is 3.20. The Morgan fingerprint density at radius 1 is 1.56 bits per heavy atom. The van der Waals surface area contributed by atoms with E-state index in [2.05, 4.69) is 38.5 Å². The van der Waals surface area contributed by atoms with Gasteiger partial charge in [-0.15, -0.1) is 0 Å². The second-order valence-corrected chi connectivity index (χ2v) is 5.25. The highest BCUT2D eigenvalue weighted by Gasteiger charge is 2.06. The summed E-state index contributed by atoms with van der Waals surface area (Å²) in [6, 6.07) is 2.23. The van der Waals surface area contributed by atoms with E-state index < -0.39 is 0 Å². The molecular weight excluding hydrogens is 294 g/mol. The van der Waals surface area contributed by atoms with Crippen LogP contribution in [0.5, 0.6) is 0 Å². The number of pyridine rings is 1. The third-order valence-electron chi connectivity index (χ3n) is 2.64. The third-order valence-corrected chi connectivity index (χ3v) is 3.25. The number of aryl methyl sites for hydroxylation is 1. The summed E-state index contributed by atoms with van der Waals surface area (Å²) >= 11 is 3.44. The van der Waals surface area contributed by atoms with Crippen LogP contribution >= 0.6 is 15.9 Å². The van der Waals surface area contributed by atoms with Crippen LogP contribution in [0, 0.1) is 6.92 Å². The highest BCUT2D eigenvalue weighted by molar-refractivity contribution is 9.10. The molecule has 0 aliphatic heterocycles. The average Bonchev–Trinajstić information content (AvgIpc) is 2.31. The minimum Gasteiger partial charge on any atom is -0.369 e. The van der Waals surface area contributed by atoms with Gasteiger partial charge in [-0.1, -0.05) is 6.92 Å². The van der Waals surface area contributed by atoms with Crippen molar-refractivity contribution in [2.45, 2.75) is 39.7 Å². The van der Waals surface area contributed by atoms with Crippen LogP contribution in [0.4, 0.5) is 5.82 Å². The molecule has 1 aromatic heterocycles. The molecule has 0 saturated heterocycles. The summed E-state index contributed by atoms with van der Waals surface area (Å²) in [6.45, 7) is 6.62. The number of rotatable bonds is 6. The number of carbonyl (C=O) groups is 1. The lowest BCUT2D eigenvalue weighted by atomic mass is 10.2. The Bertz CT molecular complexity index is 409. The number of anilines is 1. The van der Waals surface area contributed by atoms with Gasteiger partial charge in [-0.2, -0.15) is 0 Å². The van der Waals surface area contributed by atoms with Gasteiger partial charge in [0, 0.05) is 25.2 Å². The van der Waals surface area contributed by atoms with Gasteiger partial charge in [-0.3, -0.25) is 4.79 Å². The van der Waals surface area contributed by atoms with Crippen LogP contribution in [0.25, 0.3) is 0 Å². The maximum Gasteiger partial charge on any atom is 0.221 e. The first-order chi connectivity index (χ1) is 8.52. The molecule has 0 aliphatic rings. The van der Waals surface area contributed by atoms with Gasteiger partial charge in [0.15, 0.2) is 0 Å². The van der Waals surface area contributed by atoms with E-state index in [4.69, 9.17) is 0 Å². The molecule has 1 heterocycles. The molecule has 0 fully saturated rings. The predicted octanol–water partition coefficient (Wildman–Crippen LogP) is 2.87. The summed E-state index contributed by atoms with van der Waals surface area (Å²) in [4.78, 5) is 15.8. The topological polar surface area (TPSA) is 54.0 Å². The normalized spacial score (nSPS) is 12.0. The zero-order valence-electron chi connectivity index (χ0n) is 11.1. The van der Waals surface area contributed by atoms with E-state index in [9.17, 15) is 4.79 Å². The lowest BCUT2D eigenvalue weighted by Gasteiger charge is -2.12. The fourth-order valence-corrected chi connectivity index (χ4v) is 2.01. The van der Waals surface area contributed by atoms with E-state index in [0.717, 1.165) is 22.3 Å². The van der Waals surface area contributed by atoms with Crippen LogP contribution in [0.1, 0.15) is 32.3 Å². The van der Waals surface area contributed by atoms with Crippen molar-refractivity contribution in [3.05, 3.63) is 22.3 Å². The third kappa shape index (κ3) is 5.04. The van der Waals surface area contributed by atoms with E-state index >= 15 is 0 Å². The summed E-state index contributed by atoms with van der Waals surface area (Å²) in [7, 11) is 0. The standard InChI is InChI=1S/C13H20BrN3O/c1-4-10(3)17-12(18)5-6-15-13-11(14)7-9(2)8-16-13/h7-8,10H,4-6H2,1-3H3,(H,15,16)(H,17,18). The number of aromatic nitrogens is 1. The first-order valence-electron chi connectivity index (χ1n) is 6.18. The summed E-state index contributed by atoms with van der Waals surface area (Å²) in [5.74, 6) is 0.844. The second kappa shape index (κ2) is 7.36. The molecule has 5 heteroatoms. The molecular formula is C13H20BrN3O. The Kier molecular flexibility index (Phi) is 6.12. The van der Waals surface area contributed by atoms with Crippen molar-refractivity contribution in [1.82, 2.24) is 10.3 Å². The SMILES string of the molecule is CCC(C)NC(=O)CCNc1ncc(C)cc1Br. The Hall–Kier alpha value is -1.10. The van der Waals surface area contributed by atoms with Crippen molar-refractivity contribution < 1.29 is 4.79 Å². The van der Waals surface area contributed by atoms with Crippen LogP contribution in [0.15, 0.2) is 16.7 Å². The largest absolute Gasteiger partial charge is 0.369 e. The fraction of sp³-hybridized carbons (Fsp3) is 0.538. The quantitative estimate of drug-likeness (QED) is 0.849. The van der Waals surface area contributed by atoms with Crippen LogP contribution in [0.3, 0.4) is 0 Å². The van der Waals surface area contributed by atoms with E-state index in [0.29, 0.717) is 13.0 Å². The maximum atomic E-state index is 11.6. The average molecular weight is 314 g/mol. The van der Waals surface area contributed by atoms with Crippen molar-refractivity contribution in [3.8, 4) is 0 Å². The van der Waals surface area contributed by atoms with Gasteiger partial charge in [0.2, 0.25) is 5.91 Å². The number of amides is 1. The Morgan fingerprint density at radius 3 is 2.89 bits per heavy atom. The second-order valence-electron chi connectivity index (χ2n) is 4.40. The smallest absolute Gasteiger partial charge is 0.221 e. The van der Waals surface area contributed by atoms with Gasteiger partial charge in [0.25, 0.3) is 0 Å². The molecule has 100 valence electrons. The summed E-state index contributed by atoms with van der Waals surface area (Å²) in [5, 5.41) is 6.07. The van der Waals surface area contributed by atoms with Crippen LogP contribution in [0.2, 0.25) is 0 Å². The number of carbonyl (C=O) groups excluding carboxylic acids is 1. The Balaban J connectivity index is 2.35. The van der Waals surface area contributed by atoms with Gasteiger partial charge in [-0.05, 0) is 47.8 Å². The van der Waals surface area contributed by atoms with Gasteiger partial charge in [0.1, 0.15) is 5.82 Å². The molecule has 18 heavy (non-hydrogen) atoms. The molecule has 1 aromatic rings. The molecule has 1 rings (SSSR count). The summed E-state index contributed by atoms with van der Waals surface area (Å²) < 4.78 is 0.921. The highest BCUT2D eigenvalue weighted by Crippen LogP contribution is 2.20. The molecule has 0 saturated carbocycles.